The lowest BCUT2D eigenvalue weighted by Gasteiger charge is -2.37. The van der Waals surface area contributed by atoms with Crippen molar-refractivity contribution < 1.29 is 14.1 Å². The van der Waals surface area contributed by atoms with Gasteiger partial charge < -0.3 is 19.9 Å². The van der Waals surface area contributed by atoms with Gasteiger partial charge in [-0.25, -0.2) is 0 Å². The number of ether oxygens (including phenoxy) is 1. The molecule has 0 spiro atoms. The zero-order valence-corrected chi connectivity index (χ0v) is 14.9. The molecular formula is C18H22ClN3O3. The van der Waals surface area contributed by atoms with Gasteiger partial charge in [0.2, 0.25) is 0 Å². The topological polar surface area (TPSA) is 76.4 Å². The van der Waals surface area contributed by atoms with Crippen LogP contribution in [0.3, 0.4) is 0 Å². The van der Waals surface area contributed by atoms with Crippen LogP contribution < -0.4 is 10.6 Å². The van der Waals surface area contributed by atoms with E-state index in [1.165, 1.54) is 0 Å². The van der Waals surface area contributed by atoms with Gasteiger partial charge >= 0.3 is 0 Å². The van der Waals surface area contributed by atoms with Crippen molar-refractivity contribution in [1.82, 2.24) is 15.8 Å². The zero-order chi connectivity index (χ0) is 17.7. The predicted molar refractivity (Wildman–Crippen MR) is 95.7 cm³/mol. The lowest BCUT2D eigenvalue weighted by Crippen LogP contribution is -2.47. The summed E-state index contributed by atoms with van der Waals surface area (Å²) in [5, 5.41) is 10.8. The van der Waals surface area contributed by atoms with Gasteiger partial charge in [-0.2, -0.15) is 0 Å². The quantitative estimate of drug-likeness (QED) is 0.825. The van der Waals surface area contributed by atoms with Gasteiger partial charge in [-0.05, 0) is 38.1 Å². The predicted octanol–water partition coefficient (Wildman–Crippen LogP) is 2.74. The molecule has 0 unspecified atom stereocenters. The molecule has 2 aromatic rings. The molecule has 1 aromatic carbocycles. The van der Waals surface area contributed by atoms with Crippen LogP contribution in [-0.4, -0.2) is 44.4 Å². The molecule has 1 aromatic heterocycles. The number of hydrogen-bond acceptors (Lipinski definition) is 5. The second-order valence-corrected chi connectivity index (χ2v) is 6.89. The summed E-state index contributed by atoms with van der Waals surface area (Å²) in [6.45, 7) is 3.05. The largest absolute Gasteiger partial charge is 0.384 e. The fourth-order valence-corrected chi connectivity index (χ4v) is 3.34. The third-order valence-electron chi connectivity index (χ3n) is 4.59. The van der Waals surface area contributed by atoms with Crippen LogP contribution >= 0.6 is 11.6 Å². The van der Waals surface area contributed by atoms with E-state index in [-0.39, 0.29) is 17.0 Å². The second kappa shape index (κ2) is 7.99. The number of nitrogens with one attached hydrogen (secondary N) is 2. The summed E-state index contributed by atoms with van der Waals surface area (Å²) in [7, 11) is 1.69. The lowest BCUT2D eigenvalue weighted by molar-refractivity contribution is 0.0510. The van der Waals surface area contributed by atoms with E-state index < -0.39 is 0 Å². The molecule has 1 aliphatic rings. The number of aromatic nitrogens is 1. The number of hydrogen-bond donors (Lipinski definition) is 2. The SMILES string of the molecule is COCC1(CNC(=O)c2cc(-c3cccc(Cl)c3)on2)CCNCC1. The molecule has 0 bridgehead atoms. The Morgan fingerprint density at radius 1 is 1.40 bits per heavy atom. The van der Waals surface area contributed by atoms with E-state index in [1.54, 1.807) is 25.3 Å². The Bertz CT molecular complexity index is 720. The maximum atomic E-state index is 12.4. The zero-order valence-electron chi connectivity index (χ0n) is 14.2. The third kappa shape index (κ3) is 4.39. The van der Waals surface area contributed by atoms with Gasteiger partial charge in [0.1, 0.15) is 0 Å². The molecule has 1 saturated heterocycles. The van der Waals surface area contributed by atoms with E-state index >= 15 is 0 Å². The highest BCUT2D eigenvalue weighted by molar-refractivity contribution is 6.30. The number of rotatable bonds is 6. The molecule has 7 heteroatoms. The van der Waals surface area contributed by atoms with Crippen molar-refractivity contribution in [1.29, 1.82) is 0 Å². The van der Waals surface area contributed by atoms with Crippen molar-refractivity contribution in [2.45, 2.75) is 12.8 Å². The number of methoxy groups -OCH3 is 1. The van der Waals surface area contributed by atoms with E-state index in [2.05, 4.69) is 15.8 Å². The molecular weight excluding hydrogens is 342 g/mol. The minimum Gasteiger partial charge on any atom is -0.384 e. The van der Waals surface area contributed by atoms with Crippen LogP contribution in [0.25, 0.3) is 11.3 Å². The number of halogens is 1. The Labute approximate surface area is 151 Å². The lowest BCUT2D eigenvalue weighted by atomic mass is 9.79. The molecule has 0 saturated carbocycles. The standard InChI is InChI=1S/C18H22ClN3O3/c1-24-12-18(5-7-20-8-6-18)11-21-17(23)15-10-16(25-22-15)13-3-2-4-14(19)9-13/h2-4,9-10,20H,5-8,11-12H2,1H3,(H,21,23). The van der Waals surface area contributed by atoms with Gasteiger partial charge in [-0.3, -0.25) is 4.79 Å². The molecule has 2 heterocycles. The maximum Gasteiger partial charge on any atom is 0.273 e. The first-order valence-corrected chi connectivity index (χ1v) is 8.70. The van der Waals surface area contributed by atoms with Gasteiger partial charge in [-0.15, -0.1) is 0 Å². The average molecular weight is 364 g/mol. The summed E-state index contributed by atoms with van der Waals surface area (Å²) in [4.78, 5) is 12.4. The Hall–Kier alpha value is -1.89. The molecule has 1 amide bonds. The Morgan fingerprint density at radius 3 is 2.92 bits per heavy atom. The number of nitrogens with zero attached hydrogens (tertiary/aromatic N) is 1. The number of benzene rings is 1. The molecule has 2 N–H and O–H groups in total. The van der Waals surface area contributed by atoms with Crippen LogP contribution in [0.2, 0.25) is 5.02 Å². The van der Waals surface area contributed by atoms with E-state index in [0.717, 1.165) is 31.5 Å². The molecule has 6 nitrogen and oxygen atoms in total. The minimum atomic E-state index is -0.244. The fraction of sp³-hybridized carbons (Fsp3) is 0.444. The molecule has 25 heavy (non-hydrogen) atoms. The monoisotopic (exact) mass is 363 g/mol. The molecule has 0 aliphatic carbocycles. The molecule has 1 aliphatic heterocycles. The van der Waals surface area contributed by atoms with Crippen LogP contribution in [0, 0.1) is 5.41 Å². The summed E-state index contributed by atoms with van der Waals surface area (Å²) >= 11 is 5.99. The Morgan fingerprint density at radius 2 is 2.20 bits per heavy atom. The van der Waals surface area contributed by atoms with E-state index in [4.69, 9.17) is 20.9 Å². The number of piperidine rings is 1. The van der Waals surface area contributed by atoms with Crippen LogP contribution in [0.15, 0.2) is 34.9 Å². The number of carbonyl (C=O) groups is 1. The highest BCUT2D eigenvalue weighted by atomic mass is 35.5. The van der Waals surface area contributed by atoms with Crippen LogP contribution in [-0.2, 0) is 4.74 Å². The smallest absolute Gasteiger partial charge is 0.273 e. The van der Waals surface area contributed by atoms with Gasteiger partial charge in [0.25, 0.3) is 5.91 Å². The molecule has 0 atom stereocenters. The number of amides is 1. The minimum absolute atomic E-state index is 0.0326. The normalized spacial score (nSPS) is 16.6. The summed E-state index contributed by atoms with van der Waals surface area (Å²) in [5.41, 5.74) is 1.01. The van der Waals surface area contributed by atoms with Crippen molar-refractivity contribution in [3.8, 4) is 11.3 Å². The first-order chi connectivity index (χ1) is 12.1. The summed E-state index contributed by atoms with van der Waals surface area (Å²) in [6.07, 6.45) is 1.93. The van der Waals surface area contributed by atoms with Gasteiger partial charge in [0.05, 0.1) is 6.61 Å². The van der Waals surface area contributed by atoms with Gasteiger partial charge in [0.15, 0.2) is 11.5 Å². The second-order valence-electron chi connectivity index (χ2n) is 6.45. The van der Waals surface area contributed by atoms with Gasteiger partial charge in [0, 0.05) is 35.7 Å². The van der Waals surface area contributed by atoms with Crippen LogP contribution in [0.5, 0.6) is 0 Å². The Kier molecular flexibility index (Phi) is 5.73. The summed E-state index contributed by atoms with van der Waals surface area (Å²) in [5.74, 6) is 0.271. The van der Waals surface area contributed by atoms with E-state index in [9.17, 15) is 4.79 Å². The third-order valence-corrected chi connectivity index (χ3v) is 4.83. The van der Waals surface area contributed by atoms with E-state index in [1.807, 2.05) is 12.1 Å². The summed E-state index contributed by atoms with van der Waals surface area (Å²) < 4.78 is 10.7. The van der Waals surface area contributed by atoms with Crippen LogP contribution in [0.1, 0.15) is 23.3 Å². The summed E-state index contributed by atoms with van der Waals surface area (Å²) in [6, 6.07) is 8.87. The highest BCUT2D eigenvalue weighted by Crippen LogP contribution is 2.28. The molecule has 1 fully saturated rings. The highest BCUT2D eigenvalue weighted by Gasteiger charge is 2.32. The molecule has 0 radical (unpaired) electrons. The average Bonchev–Trinajstić information content (AvgIpc) is 3.11. The van der Waals surface area contributed by atoms with Crippen molar-refractivity contribution >= 4 is 17.5 Å². The first kappa shape index (κ1) is 17.9. The fourth-order valence-electron chi connectivity index (χ4n) is 3.15. The number of carbonyl (C=O) groups excluding carboxylic acids is 1. The molecule has 3 rings (SSSR count). The van der Waals surface area contributed by atoms with Crippen molar-refractivity contribution in [2.24, 2.45) is 5.41 Å². The van der Waals surface area contributed by atoms with Gasteiger partial charge in [-0.1, -0.05) is 28.9 Å². The maximum absolute atomic E-state index is 12.4. The molecule has 134 valence electrons. The van der Waals surface area contributed by atoms with Crippen molar-refractivity contribution in [2.75, 3.05) is 33.4 Å². The Balaban J connectivity index is 1.65. The van der Waals surface area contributed by atoms with Crippen molar-refractivity contribution in [3.05, 3.63) is 41.0 Å². The van der Waals surface area contributed by atoms with Crippen molar-refractivity contribution in [3.63, 3.8) is 0 Å². The van der Waals surface area contributed by atoms with Crippen LogP contribution in [0.4, 0.5) is 0 Å². The van der Waals surface area contributed by atoms with E-state index in [0.29, 0.717) is 23.9 Å². The first-order valence-electron chi connectivity index (χ1n) is 8.32.